The molecular weight excluding hydrogens is 591 g/mol. The van der Waals surface area contributed by atoms with Crippen LogP contribution in [0, 0.1) is 5.82 Å². The molecule has 0 bridgehead atoms. The van der Waals surface area contributed by atoms with E-state index in [0.717, 1.165) is 4.68 Å². The first-order valence-electron chi connectivity index (χ1n) is 13.2. The maximum Gasteiger partial charge on any atom is 0.343 e. The number of halogens is 1. The Balaban J connectivity index is 1.31. The van der Waals surface area contributed by atoms with Crippen LogP contribution in [0.3, 0.4) is 0 Å². The molecule has 3 N–H and O–H groups in total. The van der Waals surface area contributed by atoms with E-state index >= 15 is 0 Å². The molecule has 0 unspecified atom stereocenters. The summed E-state index contributed by atoms with van der Waals surface area (Å²) in [5, 5.41) is 19.1. The summed E-state index contributed by atoms with van der Waals surface area (Å²) < 4.78 is 41.1. The summed E-state index contributed by atoms with van der Waals surface area (Å²) in [7, 11) is 1.50. The topological polar surface area (TPSA) is 191 Å². The third-order valence-electron chi connectivity index (χ3n) is 6.02. The van der Waals surface area contributed by atoms with Crippen molar-refractivity contribution in [3.05, 3.63) is 95.1 Å². The zero-order chi connectivity index (χ0) is 31.8. The van der Waals surface area contributed by atoms with Gasteiger partial charge in [0.15, 0.2) is 17.2 Å². The number of carbonyl (C=O) groups excluding carboxylic acids is 2. The van der Waals surface area contributed by atoms with Gasteiger partial charge in [-0.25, -0.2) is 19.2 Å². The van der Waals surface area contributed by atoms with Crippen molar-refractivity contribution < 1.29 is 37.6 Å². The molecule has 0 aliphatic rings. The highest BCUT2D eigenvalue weighted by Crippen LogP contribution is 2.29. The molecule has 0 atom stereocenters. The lowest BCUT2D eigenvalue weighted by atomic mass is 10.2. The molecule has 0 saturated carbocycles. The Morgan fingerprint density at radius 3 is 2.60 bits per heavy atom. The van der Waals surface area contributed by atoms with Crippen LogP contribution in [0.2, 0.25) is 0 Å². The largest absolute Gasteiger partial charge is 0.497 e. The quantitative estimate of drug-likeness (QED) is 0.0901. The molecule has 45 heavy (non-hydrogen) atoms. The first-order chi connectivity index (χ1) is 21.9. The Hall–Kier alpha value is -6.32. The second kappa shape index (κ2) is 13.8. The second-order valence-electron chi connectivity index (χ2n) is 8.97. The van der Waals surface area contributed by atoms with E-state index < -0.39 is 17.7 Å². The fourth-order valence-electron chi connectivity index (χ4n) is 3.88. The lowest BCUT2D eigenvalue weighted by Gasteiger charge is -2.11. The number of nitrogen functional groups attached to an aromatic ring is 1. The summed E-state index contributed by atoms with van der Waals surface area (Å²) in [5.41, 5.74) is 8.97. The van der Waals surface area contributed by atoms with Gasteiger partial charge in [0.25, 0.3) is 5.91 Å². The molecule has 5 aromatic rings. The van der Waals surface area contributed by atoms with Gasteiger partial charge in [0, 0.05) is 0 Å². The van der Waals surface area contributed by atoms with Gasteiger partial charge in [0.1, 0.15) is 29.6 Å². The van der Waals surface area contributed by atoms with Crippen LogP contribution in [0.1, 0.15) is 39.0 Å². The zero-order valence-corrected chi connectivity index (χ0v) is 23.8. The molecule has 2 aromatic heterocycles. The SMILES string of the molecule is CCOc1cc(/C=N/NC(=O)c2nnn(-c3nonc3N)c2COc2ccc(F)cc2)ccc1OC(=O)c1cccc(OC)c1. The summed E-state index contributed by atoms with van der Waals surface area (Å²) in [4.78, 5) is 25.8. The molecule has 3 aromatic carbocycles. The Morgan fingerprint density at radius 2 is 1.87 bits per heavy atom. The first-order valence-corrected chi connectivity index (χ1v) is 13.2. The van der Waals surface area contributed by atoms with Gasteiger partial charge in [-0.2, -0.15) is 9.78 Å². The van der Waals surface area contributed by atoms with Crippen LogP contribution in [0.4, 0.5) is 10.2 Å². The molecule has 230 valence electrons. The molecular formula is C29H25FN8O7. The van der Waals surface area contributed by atoms with Crippen molar-refractivity contribution in [3.63, 3.8) is 0 Å². The predicted molar refractivity (Wildman–Crippen MR) is 155 cm³/mol. The van der Waals surface area contributed by atoms with Gasteiger partial charge in [-0.1, -0.05) is 11.3 Å². The van der Waals surface area contributed by atoms with Crippen molar-refractivity contribution in [3.8, 4) is 28.8 Å². The minimum atomic E-state index is -0.737. The number of nitrogens with two attached hydrogens (primary N) is 1. The van der Waals surface area contributed by atoms with Gasteiger partial charge in [0.2, 0.25) is 11.6 Å². The van der Waals surface area contributed by atoms with E-state index in [-0.39, 0.29) is 41.1 Å². The van der Waals surface area contributed by atoms with E-state index in [2.05, 4.69) is 35.8 Å². The van der Waals surface area contributed by atoms with Crippen molar-refractivity contribution in [1.29, 1.82) is 0 Å². The molecule has 0 fully saturated rings. The Kier molecular flexibility index (Phi) is 9.22. The summed E-state index contributed by atoms with van der Waals surface area (Å²) in [6.07, 6.45) is 1.35. The Bertz CT molecular complexity index is 1840. The lowest BCUT2D eigenvalue weighted by Crippen LogP contribution is -2.21. The van der Waals surface area contributed by atoms with Crippen molar-refractivity contribution in [2.45, 2.75) is 13.5 Å². The minimum Gasteiger partial charge on any atom is -0.497 e. The number of anilines is 1. The van der Waals surface area contributed by atoms with Gasteiger partial charge in [0.05, 0.1) is 25.5 Å². The molecule has 0 aliphatic heterocycles. The highest BCUT2D eigenvalue weighted by molar-refractivity contribution is 5.94. The maximum atomic E-state index is 13.3. The number of aromatic nitrogens is 5. The average molecular weight is 617 g/mol. The maximum absolute atomic E-state index is 13.3. The Labute approximate surface area is 254 Å². The highest BCUT2D eigenvalue weighted by atomic mass is 19.1. The van der Waals surface area contributed by atoms with E-state index in [1.54, 1.807) is 49.4 Å². The molecule has 2 heterocycles. The molecule has 5 rings (SSSR count). The average Bonchev–Trinajstić information content (AvgIpc) is 3.67. The van der Waals surface area contributed by atoms with Crippen molar-refractivity contribution in [2.75, 3.05) is 19.5 Å². The van der Waals surface area contributed by atoms with Gasteiger partial charge in [-0.3, -0.25) is 4.79 Å². The first kappa shape index (κ1) is 30.1. The standard InChI is InChI=1S/C29H25FN8O7/c1-3-42-24-13-17(7-12-23(24)44-29(40)18-5-4-6-21(14-18)41-2)15-32-34-28(39)25-22(16-43-20-10-8-19(30)9-11-20)38(37-33-25)27-26(31)35-45-36-27/h4-15H,3,16H2,1-2H3,(H2,31,35)(H,34,39)/b32-15+. The van der Waals surface area contributed by atoms with E-state index in [1.807, 2.05) is 0 Å². The fourth-order valence-corrected chi connectivity index (χ4v) is 3.88. The zero-order valence-electron chi connectivity index (χ0n) is 23.8. The van der Waals surface area contributed by atoms with Crippen LogP contribution < -0.4 is 30.1 Å². The Morgan fingerprint density at radius 1 is 1.04 bits per heavy atom. The van der Waals surface area contributed by atoms with Crippen molar-refractivity contribution in [2.24, 2.45) is 5.10 Å². The van der Waals surface area contributed by atoms with Gasteiger partial charge >= 0.3 is 5.97 Å². The van der Waals surface area contributed by atoms with Crippen LogP contribution in [0.5, 0.6) is 23.0 Å². The number of rotatable bonds is 12. The lowest BCUT2D eigenvalue weighted by molar-refractivity contribution is 0.0727. The van der Waals surface area contributed by atoms with Crippen molar-refractivity contribution in [1.82, 2.24) is 30.7 Å². The number of amides is 1. The normalized spacial score (nSPS) is 10.9. The number of hydrogen-bond acceptors (Lipinski definition) is 13. The molecule has 0 radical (unpaired) electrons. The van der Waals surface area contributed by atoms with E-state index in [9.17, 15) is 14.0 Å². The van der Waals surface area contributed by atoms with Crippen molar-refractivity contribution >= 4 is 23.9 Å². The number of nitrogens with zero attached hydrogens (tertiary/aromatic N) is 6. The monoisotopic (exact) mass is 616 g/mol. The van der Waals surface area contributed by atoms with E-state index in [0.29, 0.717) is 29.2 Å². The molecule has 0 aliphatic carbocycles. The molecule has 0 saturated heterocycles. The summed E-state index contributed by atoms with van der Waals surface area (Å²) >= 11 is 0. The van der Waals surface area contributed by atoms with Gasteiger partial charge in [-0.15, -0.1) is 5.10 Å². The molecule has 16 heteroatoms. The van der Waals surface area contributed by atoms with Gasteiger partial charge in [-0.05, 0) is 83.5 Å². The number of hydrazone groups is 1. The fraction of sp³-hybridized carbons (Fsp3) is 0.138. The smallest absolute Gasteiger partial charge is 0.343 e. The summed E-state index contributed by atoms with van der Waals surface area (Å²) in [6.45, 7) is 1.85. The van der Waals surface area contributed by atoms with Crippen LogP contribution in [-0.4, -0.2) is 57.1 Å². The number of nitrogens with one attached hydrogen (secondary N) is 1. The van der Waals surface area contributed by atoms with Crippen LogP contribution in [-0.2, 0) is 6.61 Å². The van der Waals surface area contributed by atoms with Crippen LogP contribution >= 0.6 is 0 Å². The van der Waals surface area contributed by atoms with E-state index in [4.69, 9.17) is 24.7 Å². The number of hydrogen-bond donors (Lipinski definition) is 2. The minimum absolute atomic E-state index is 0.0154. The number of ether oxygens (including phenoxy) is 4. The third-order valence-corrected chi connectivity index (χ3v) is 6.02. The third kappa shape index (κ3) is 7.19. The highest BCUT2D eigenvalue weighted by Gasteiger charge is 2.24. The number of carbonyl (C=O) groups is 2. The predicted octanol–water partition coefficient (Wildman–Crippen LogP) is 3.34. The summed E-state index contributed by atoms with van der Waals surface area (Å²) in [6, 6.07) is 16.6. The number of benzene rings is 3. The number of esters is 1. The van der Waals surface area contributed by atoms with Crippen LogP contribution in [0.15, 0.2) is 76.5 Å². The second-order valence-corrected chi connectivity index (χ2v) is 8.97. The van der Waals surface area contributed by atoms with E-state index in [1.165, 1.54) is 37.6 Å². The summed E-state index contributed by atoms with van der Waals surface area (Å²) in [5.74, 6) is -0.585. The van der Waals surface area contributed by atoms with Crippen LogP contribution in [0.25, 0.3) is 5.82 Å². The molecule has 15 nitrogen and oxygen atoms in total. The number of methoxy groups -OCH3 is 1. The molecule has 0 spiro atoms. The molecule has 1 amide bonds. The van der Waals surface area contributed by atoms with Gasteiger partial charge < -0.3 is 24.7 Å².